The fraction of sp³-hybridized carbons (Fsp3) is 0.364. The first-order valence-electron chi connectivity index (χ1n) is 4.38. The quantitative estimate of drug-likeness (QED) is 0.642. The van der Waals surface area contributed by atoms with Crippen molar-refractivity contribution in [2.75, 3.05) is 7.11 Å². The molecule has 13 heavy (non-hydrogen) atoms. The van der Waals surface area contributed by atoms with Crippen molar-refractivity contribution in [3.05, 3.63) is 29.3 Å². The van der Waals surface area contributed by atoms with Crippen LogP contribution in [0.15, 0.2) is 23.2 Å². The zero-order valence-corrected chi connectivity index (χ0v) is 8.16. The van der Waals surface area contributed by atoms with Crippen LogP contribution >= 0.6 is 0 Å². The Bertz CT molecular complexity index is 366. The standard InChI is InChI=1S/C11H13NO/c1-11(2)9-5-4-6-10(13-3)8(9)7-12-11/h4-7H,1-3H3. The van der Waals surface area contributed by atoms with Gasteiger partial charge >= 0.3 is 0 Å². The van der Waals surface area contributed by atoms with Crippen LogP contribution in [0, 0.1) is 0 Å². The molecule has 1 heterocycles. The van der Waals surface area contributed by atoms with Crippen LogP contribution in [-0.2, 0) is 5.54 Å². The van der Waals surface area contributed by atoms with Gasteiger partial charge in [-0.15, -0.1) is 0 Å². The van der Waals surface area contributed by atoms with Gasteiger partial charge in [0.25, 0.3) is 0 Å². The Kier molecular flexibility index (Phi) is 1.65. The zero-order chi connectivity index (χ0) is 9.47. The molecule has 0 aromatic heterocycles. The first-order chi connectivity index (χ1) is 6.15. The lowest BCUT2D eigenvalue weighted by Gasteiger charge is -2.16. The fourth-order valence-electron chi connectivity index (χ4n) is 1.68. The van der Waals surface area contributed by atoms with Crippen LogP contribution < -0.4 is 4.74 Å². The van der Waals surface area contributed by atoms with E-state index in [4.69, 9.17) is 4.74 Å². The number of rotatable bonds is 1. The number of ether oxygens (including phenoxy) is 1. The van der Waals surface area contributed by atoms with E-state index in [-0.39, 0.29) is 5.54 Å². The lowest BCUT2D eigenvalue weighted by molar-refractivity contribution is 0.413. The molecule has 1 aliphatic rings. The molecule has 0 saturated carbocycles. The second-order valence-corrected chi connectivity index (χ2v) is 3.74. The summed E-state index contributed by atoms with van der Waals surface area (Å²) in [5.74, 6) is 0.909. The van der Waals surface area contributed by atoms with E-state index in [0.29, 0.717) is 0 Å². The Morgan fingerprint density at radius 2 is 2.08 bits per heavy atom. The molecular weight excluding hydrogens is 162 g/mol. The van der Waals surface area contributed by atoms with E-state index in [1.807, 2.05) is 18.3 Å². The molecule has 0 aliphatic carbocycles. The number of nitrogens with zero attached hydrogens (tertiary/aromatic N) is 1. The van der Waals surface area contributed by atoms with Crippen molar-refractivity contribution in [3.8, 4) is 5.75 Å². The summed E-state index contributed by atoms with van der Waals surface area (Å²) in [6.07, 6.45) is 1.90. The minimum atomic E-state index is -0.0934. The molecule has 1 aliphatic heterocycles. The Morgan fingerprint density at radius 1 is 1.31 bits per heavy atom. The zero-order valence-electron chi connectivity index (χ0n) is 8.16. The van der Waals surface area contributed by atoms with Crippen LogP contribution in [0.2, 0.25) is 0 Å². The highest BCUT2D eigenvalue weighted by atomic mass is 16.5. The van der Waals surface area contributed by atoms with Crippen molar-refractivity contribution in [1.29, 1.82) is 0 Å². The summed E-state index contributed by atoms with van der Waals surface area (Å²) < 4.78 is 5.26. The van der Waals surface area contributed by atoms with Gasteiger partial charge in [0, 0.05) is 11.8 Å². The average molecular weight is 175 g/mol. The molecule has 0 radical (unpaired) electrons. The number of benzene rings is 1. The Balaban J connectivity index is 2.62. The van der Waals surface area contributed by atoms with E-state index in [2.05, 4.69) is 24.9 Å². The van der Waals surface area contributed by atoms with Crippen LogP contribution in [0.4, 0.5) is 0 Å². The van der Waals surface area contributed by atoms with Crippen molar-refractivity contribution < 1.29 is 4.74 Å². The minimum absolute atomic E-state index is 0.0934. The maximum absolute atomic E-state index is 5.26. The summed E-state index contributed by atoms with van der Waals surface area (Å²) in [6, 6.07) is 6.07. The largest absolute Gasteiger partial charge is 0.496 e. The highest BCUT2D eigenvalue weighted by molar-refractivity contribution is 5.89. The van der Waals surface area contributed by atoms with Crippen LogP contribution in [0.25, 0.3) is 0 Å². The number of aliphatic imine (C=N–C) groups is 1. The summed E-state index contributed by atoms with van der Waals surface area (Å²) in [5, 5.41) is 0. The van der Waals surface area contributed by atoms with E-state index < -0.39 is 0 Å². The number of methoxy groups -OCH3 is 1. The van der Waals surface area contributed by atoms with Crippen molar-refractivity contribution >= 4 is 6.21 Å². The van der Waals surface area contributed by atoms with Crippen LogP contribution in [0.3, 0.4) is 0 Å². The lowest BCUT2D eigenvalue weighted by Crippen LogP contribution is -2.10. The molecule has 1 aromatic carbocycles. The third kappa shape index (κ3) is 1.13. The third-order valence-electron chi connectivity index (χ3n) is 2.46. The maximum atomic E-state index is 5.26. The van der Waals surface area contributed by atoms with E-state index in [0.717, 1.165) is 11.3 Å². The molecule has 0 N–H and O–H groups in total. The van der Waals surface area contributed by atoms with E-state index in [1.165, 1.54) is 5.56 Å². The lowest BCUT2D eigenvalue weighted by atomic mass is 9.94. The maximum Gasteiger partial charge on any atom is 0.127 e. The minimum Gasteiger partial charge on any atom is -0.496 e. The molecule has 0 fully saturated rings. The van der Waals surface area contributed by atoms with E-state index in [9.17, 15) is 0 Å². The second kappa shape index (κ2) is 2.59. The number of hydrogen-bond acceptors (Lipinski definition) is 2. The molecular formula is C11H13NO. The molecule has 0 amide bonds. The van der Waals surface area contributed by atoms with Gasteiger partial charge in [-0.25, -0.2) is 0 Å². The van der Waals surface area contributed by atoms with E-state index >= 15 is 0 Å². The molecule has 1 aromatic rings. The molecule has 0 spiro atoms. The predicted molar refractivity (Wildman–Crippen MR) is 53.6 cm³/mol. The summed E-state index contributed by atoms with van der Waals surface area (Å²) in [6.45, 7) is 4.21. The predicted octanol–water partition coefficient (Wildman–Crippen LogP) is 2.36. The molecule has 68 valence electrons. The SMILES string of the molecule is COc1cccc2c1C=NC2(C)C. The normalized spacial score (nSPS) is 17.2. The van der Waals surface area contributed by atoms with Crippen molar-refractivity contribution in [2.45, 2.75) is 19.4 Å². The van der Waals surface area contributed by atoms with Gasteiger partial charge in [-0.2, -0.15) is 0 Å². The fourth-order valence-corrected chi connectivity index (χ4v) is 1.68. The number of fused-ring (bicyclic) bond motifs is 1. The highest BCUT2D eigenvalue weighted by Gasteiger charge is 2.27. The van der Waals surface area contributed by atoms with Crippen LogP contribution in [-0.4, -0.2) is 13.3 Å². The first kappa shape index (κ1) is 8.30. The summed E-state index contributed by atoms with van der Waals surface area (Å²) in [7, 11) is 1.69. The molecule has 0 bridgehead atoms. The van der Waals surface area contributed by atoms with Crippen molar-refractivity contribution in [1.82, 2.24) is 0 Å². The van der Waals surface area contributed by atoms with Gasteiger partial charge < -0.3 is 4.74 Å². The average Bonchev–Trinajstić information content (AvgIpc) is 2.43. The van der Waals surface area contributed by atoms with Crippen LogP contribution in [0.5, 0.6) is 5.75 Å². The third-order valence-corrected chi connectivity index (χ3v) is 2.46. The molecule has 2 heteroatoms. The number of hydrogen-bond donors (Lipinski definition) is 0. The van der Waals surface area contributed by atoms with E-state index in [1.54, 1.807) is 7.11 Å². The van der Waals surface area contributed by atoms with Crippen molar-refractivity contribution in [3.63, 3.8) is 0 Å². The summed E-state index contributed by atoms with van der Waals surface area (Å²) in [4.78, 5) is 4.44. The molecule has 2 rings (SSSR count). The van der Waals surface area contributed by atoms with Gasteiger partial charge in [-0.3, -0.25) is 4.99 Å². The summed E-state index contributed by atoms with van der Waals surface area (Å²) in [5.41, 5.74) is 2.27. The highest BCUT2D eigenvalue weighted by Crippen LogP contribution is 2.36. The molecule has 0 atom stereocenters. The molecule has 0 unspecified atom stereocenters. The monoisotopic (exact) mass is 175 g/mol. The smallest absolute Gasteiger partial charge is 0.127 e. The van der Waals surface area contributed by atoms with Crippen LogP contribution in [0.1, 0.15) is 25.0 Å². The van der Waals surface area contributed by atoms with Gasteiger partial charge in [-0.1, -0.05) is 12.1 Å². The second-order valence-electron chi connectivity index (χ2n) is 3.74. The summed E-state index contributed by atoms with van der Waals surface area (Å²) >= 11 is 0. The van der Waals surface area contributed by atoms with Gasteiger partial charge in [-0.05, 0) is 25.5 Å². The van der Waals surface area contributed by atoms with Gasteiger partial charge in [0.1, 0.15) is 5.75 Å². The van der Waals surface area contributed by atoms with Gasteiger partial charge in [0.2, 0.25) is 0 Å². The molecule has 2 nitrogen and oxygen atoms in total. The Hall–Kier alpha value is -1.31. The van der Waals surface area contributed by atoms with Crippen molar-refractivity contribution in [2.24, 2.45) is 4.99 Å². The topological polar surface area (TPSA) is 21.6 Å². The molecule has 0 saturated heterocycles. The van der Waals surface area contributed by atoms with Gasteiger partial charge in [0.05, 0.1) is 12.6 Å². The Labute approximate surface area is 78.3 Å². The Morgan fingerprint density at radius 3 is 2.77 bits per heavy atom. The first-order valence-corrected chi connectivity index (χ1v) is 4.38. The van der Waals surface area contributed by atoms with Gasteiger partial charge in [0.15, 0.2) is 0 Å².